The van der Waals surface area contributed by atoms with Gasteiger partial charge in [0.2, 0.25) is 0 Å². The van der Waals surface area contributed by atoms with E-state index in [0.717, 1.165) is 54.3 Å². The van der Waals surface area contributed by atoms with Crippen LogP contribution >= 0.6 is 11.6 Å². The molecule has 2 heterocycles. The van der Waals surface area contributed by atoms with Crippen molar-refractivity contribution in [2.45, 2.75) is 30.7 Å². The van der Waals surface area contributed by atoms with Crippen LogP contribution in [0.5, 0.6) is 0 Å². The Labute approximate surface area is 165 Å². The topological polar surface area (TPSA) is 41.3 Å². The smallest absolute Gasteiger partial charge is 0.123 e. The molecule has 0 saturated carbocycles. The largest absolute Gasteiger partial charge is 0.358 e. The van der Waals surface area contributed by atoms with Crippen LogP contribution in [-0.2, 0) is 5.41 Å². The summed E-state index contributed by atoms with van der Waals surface area (Å²) in [5, 5.41) is 4.13. The second-order valence-electron chi connectivity index (χ2n) is 7.59. The fourth-order valence-electron chi connectivity index (χ4n) is 4.69. The second kappa shape index (κ2) is 7.27. The molecule has 0 aromatic heterocycles. The van der Waals surface area contributed by atoms with Crippen molar-refractivity contribution in [2.24, 2.45) is 5.73 Å². The van der Waals surface area contributed by atoms with E-state index in [1.165, 1.54) is 11.6 Å². The highest BCUT2D eigenvalue weighted by atomic mass is 35.5. The van der Waals surface area contributed by atoms with Crippen LogP contribution in [0.25, 0.3) is 0 Å². The van der Waals surface area contributed by atoms with Gasteiger partial charge in [0.15, 0.2) is 0 Å². The molecule has 3 N–H and O–H groups in total. The molecule has 3 nitrogen and oxygen atoms in total. The van der Waals surface area contributed by atoms with Gasteiger partial charge >= 0.3 is 0 Å². The van der Waals surface area contributed by atoms with Crippen LogP contribution in [0, 0.1) is 5.82 Å². The Morgan fingerprint density at radius 1 is 1.26 bits per heavy atom. The molecule has 1 spiro atoms. The molecule has 2 aliphatic rings. The van der Waals surface area contributed by atoms with E-state index < -0.39 is 0 Å². The zero-order chi connectivity index (χ0) is 19.0. The molecular weight excluding hydrogens is 361 g/mol. The normalized spacial score (nSPS) is 23.3. The van der Waals surface area contributed by atoms with E-state index >= 15 is 0 Å². The van der Waals surface area contributed by atoms with Gasteiger partial charge in [-0.05, 0) is 73.8 Å². The van der Waals surface area contributed by atoms with Gasteiger partial charge in [-0.25, -0.2) is 4.39 Å². The van der Waals surface area contributed by atoms with Crippen molar-refractivity contribution in [3.8, 4) is 0 Å². The lowest BCUT2D eigenvalue weighted by atomic mass is 9.73. The molecular formula is C22H25ClFN3. The number of halogens is 2. The molecule has 0 aliphatic carbocycles. The summed E-state index contributed by atoms with van der Waals surface area (Å²) in [7, 11) is 0. The molecule has 27 heavy (non-hydrogen) atoms. The Morgan fingerprint density at radius 2 is 2.04 bits per heavy atom. The quantitative estimate of drug-likeness (QED) is 0.791. The second-order valence-corrected chi connectivity index (χ2v) is 8.03. The zero-order valence-electron chi connectivity index (χ0n) is 15.3. The van der Waals surface area contributed by atoms with Crippen LogP contribution in [0.15, 0.2) is 54.7 Å². The minimum absolute atomic E-state index is 0.196. The van der Waals surface area contributed by atoms with Gasteiger partial charge in [-0.3, -0.25) is 4.90 Å². The fraction of sp³-hybridized carbons (Fsp3) is 0.364. The number of hydrogen-bond acceptors (Lipinski definition) is 3. The third kappa shape index (κ3) is 3.27. The van der Waals surface area contributed by atoms with Gasteiger partial charge in [0.25, 0.3) is 0 Å². The number of nitrogens with two attached hydrogens (primary N) is 1. The summed E-state index contributed by atoms with van der Waals surface area (Å²) in [6.45, 7) is 6.71. The molecule has 0 bridgehead atoms. The standard InChI is InChI=1S/C22H25ClFN3/c1-15-22(19-13-18(24)7-8-20(19)26-15)10-2-12-27(14-22)21(9-11-25)16-3-5-17(23)6-4-16/h3-8,13,21,26H,1-2,9-12,14,25H2/t21-,22+/m0/s1. The lowest BCUT2D eigenvalue weighted by molar-refractivity contribution is 0.115. The van der Waals surface area contributed by atoms with Gasteiger partial charge in [-0.15, -0.1) is 0 Å². The van der Waals surface area contributed by atoms with Gasteiger partial charge in [0, 0.05) is 34.4 Å². The van der Waals surface area contributed by atoms with Crippen molar-refractivity contribution >= 4 is 17.3 Å². The molecule has 4 rings (SSSR count). The summed E-state index contributed by atoms with van der Waals surface area (Å²) >= 11 is 6.07. The van der Waals surface area contributed by atoms with Gasteiger partial charge in [-0.1, -0.05) is 30.3 Å². The first-order valence-corrected chi connectivity index (χ1v) is 9.87. The monoisotopic (exact) mass is 385 g/mol. The third-order valence-corrected chi connectivity index (χ3v) is 6.27. The summed E-state index contributed by atoms with van der Waals surface area (Å²) in [5.41, 5.74) is 9.88. The number of rotatable bonds is 4. The predicted molar refractivity (Wildman–Crippen MR) is 110 cm³/mol. The van der Waals surface area contributed by atoms with Crippen molar-refractivity contribution in [1.82, 2.24) is 4.90 Å². The van der Waals surface area contributed by atoms with Gasteiger partial charge in [-0.2, -0.15) is 0 Å². The summed E-state index contributed by atoms with van der Waals surface area (Å²) in [4.78, 5) is 2.48. The maximum Gasteiger partial charge on any atom is 0.123 e. The van der Waals surface area contributed by atoms with Crippen molar-refractivity contribution in [1.29, 1.82) is 0 Å². The first kappa shape index (κ1) is 18.5. The molecule has 0 radical (unpaired) electrons. The van der Waals surface area contributed by atoms with E-state index in [1.54, 1.807) is 6.07 Å². The first-order chi connectivity index (χ1) is 13.0. The van der Waals surface area contributed by atoms with E-state index in [-0.39, 0.29) is 17.3 Å². The zero-order valence-corrected chi connectivity index (χ0v) is 16.1. The number of benzene rings is 2. The van der Waals surface area contributed by atoms with E-state index in [9.17, 15) is 4.39 Å². The molecule has 5 heteroatoms. The number of piperidine rings is 1. The van der Waals surface area contributed by atoms with Gasteiger partial charge in [0.05, 0.1) is 0 Å². The molecule has 0 unspecified atom stereocenters. The molecule has 1 saturated heterocycles. The Hall–Kier alpha value is -1.88. The number of likely N-dealkylation sites (tertiary alicyclic amines) is 1. The molecule has 2 atom stereocenters. The van der Waals surface area contributed by atoms with Crippen molar-refractivity contribution in [3.63, 3.8) is 0 Å². The fourth-order valence-corrected chi connectivity index (χ4v) is 4.82. The van der Waals surface area contributed by atoms with E-state index in [1.807, 2.05) is 18.2 Å². The van der Waals surface area contributed by atoms with E-state index in [2.05, 4.69) is 28.9 Å². The number of hydrogen-bond donors (Lipinski definition) is 2. The molecule has 2 aliphatic heterocycles. The summed E-state index contributed by atoms with van der Waals surface area (Å²) in [6, 6.07) is 13.2. The van der Waals surface area contributed by atoms with Crippen LogP contribution in [0.3, 0.4) is 0 Å². The number of nitrogens with zero attached hydrogens (tertiary/aromatic N) is 1. The Morgan fingerprint density at radius 3 is 2.78 bits per heavy atom. The summed E-state index contributed by atoms with van der Waals surface area (Å²) in [6.07, 6.45) is 2.88. The molecule has 1 fully saturated rings. The van der Waals surface area contributed by atoms with Crippen LogP contribution < -0.4 is 11.1 Å². The third-order valence-electron chi connectivity index (χ3n) is 6.02. The Bertz CT molecular complexity index is 851. The highest BCUT2D eigenvalue weighted by Gasteiger charge is 2.46. The summed E-state index contributed by atoms with van der Waals surface area (Å²) < 4.78 is 14.0. The minimum Gasteiger partial charge on any atom is -0.358 e. The average molecular weight is 386 g/mol. The number of anilines is 1. The maximum absolute atomic E-state index is 14.0. The van der Waals surface area contributed by atoms with Crippen LogP contribution in [0.1, 0.15) is 36.4 Å². The highest BCUT2D eigenvalue weighted by molar-refractivity contribution is 6.30. The van der Waals surface area contributed by atoms with Crippen LogP contribution in [0.2, 0.25) is 5.02 Å². The van der Waals surface area contributed by atoms with Gasteiger partial charge in [0.1, 0.15) is 5.82 Å². The lowest BCUT2D eigenvalue weighted by Crippen LogP contribution is -2.47. The van der Waals surface area contributed by atoms with Gasteiger partial charge < -0.3 is 11.1 Å². The van der Waals surface area contributed by atoms with Crippen LogP contribution in [-0.4, -0.2) is 24.5 Å². The maximum atomic E-state index is 14.0. The summed E-state index contributed by atoms with van der Waals surface area (Å²) in [5.74, 6) is -0.196. The Kier molecular flexibility index (Phi) is 4.97. The van der Waals surface area contributed by atoms with Crippen molar-refractivity contribution in [2.75, 3.05) is 25.0 Å². The number of nitrogens with one attached hydrogen (secondary N) is 1. The van der Waals surface area contributed by atoms with Crippen molar-refractivity contribution < 1.29 is 4.39 Å². The van der Waals surface area contributed by atoms with E-state index in [0.29, 0.717) is 6.54 Å². The molecule has 2 aromatic rings. The van der Waals surface area contributed by atoms with Crippen LogP contribution in [0.4, 0.5) is 10.1 Å². The first-order valence-electron chi connectivity index (χ1n) is 9.49. The lowest BCUT2D eigenvalue weighted by Gasteiger charge is -2.44. The Balaban J connectivity index is 1.69. The van der Waals surface area contributed by atoms with Crippen molar-refractivity contribution in [3.05, 3.63) is 76.7 Å². The molecule has 142 valence electrons. The predicted octanol–water partition coefficient (Wildman–Crippen LogP) is 4.84. The number of fused-ring (bicyclic) bond motifs is 2. The molecule has 2 aromatic carbocycles. The van der Waals surface area contributed by atoms with E-state index in [4.69, 9.17) is 17.3 Å². The average Bonchev–Trinajstić information content (AvgIpc) is 2.92. The molecule has 0 amide bonds. The minimum atomic E-state index is -0.255. The SMILES string of the molecule is C=C1Nc2ccc(F)cc2[C@@]12CCCN([C@@H](CCN)c1ccc(Cl)cc1)C2. The highest BCUT2D eigenvalue weighted by Crippen LogP contribution is 2.49.